The van der Waals surface area contributed by atoms with Gasteiger partial charge in [-0.15, -0.1) is 0 Å². The number of hydrogen-bond acceptors (Lipinski definition) is 3. The van der Waals surface area contributed by atoms with Crippen LogP contribution >= 0.6 is 34.8 Å². The quantitative estimate of drug-likeness (QED) is 0.677. The van der Waals surface area contributed by atoms with Crippen molar-refractivity contribution in [2.75, 3.05) is 11.9 Å². The molecule has 0 aliphatic heterocycles. The van der Waals surface area contributed by atoms with Crippen molar-refractivity contribution >= 4 is 46.5 Å². The lowest BCUT2D eigenvalue weighted by Crippen LogP contribution is -2.03. The van der Waals surface area contributed by atoms with Crippen LogP contribution in [0.25, 0.3) is 0 Å². The molecule has 0 fully saturated rings. The second kappa shape index (κ2) is 8.47. The van der Waals surface area contributed by atoms with Gasteiger partial charge < -0.3 is 15.2 Å². The summed E-state index contributed by atoms with van der Waals surface area (Å²) >= 11 is 18.7. The molecule has 0 bridgehead atoms. The van der Waals surface area contributed by atoms with Crippen LogP contribution in [0.5, 0.6) is 5.75 Å². The molecule has 4 nitrogen and oxygen atoms in total. The van der Waals surface area contributed by atoms with Crippen LogP contribution in [-0.4, -0.2) is 17.6 Å². The summed E-state index contributed by atoms with van der Waals surface area (Å²) in [6, 6.07) is 8.68. The lowest BCUT2D eigenvalue weighted by molar-refractivity contribution is -0.136. The highest BCUT2D eigenvalue weighted by molar-refractivity contribution is 6.37. The van der Waals surface area contributed by atoms with Crippen LogP contribution in [0.1, 0.15) is 18.1 Å². The number of carbonyl (C=O) groups is 1. The molecule has 128 valence electrons. The third-order valence-corrected chi connectivity index (χ3v) is 4.24. The Morgan fingerprint density at radius 2 is 1.88 bits per heavy atom. The summed E-state index contributed by atoms with van der Waals surface area (Å²) in [4.78, 5) is 10.8. The predicted molar refractivity (Wildman–Crippen MR) is 97.7 cm³/mol. The van der Waals surface area contributed by atoms with E-state index in [1.807, 2.05) is 25.1 Å². The average Bonchev–Trinajstić information content (AvgIpc) is 2.49. The summed E-state index contributed by atoms with van der Waals surface area (Å²) in [6.45, 7) is 2.93. The van der Waals surface area contributed by atoms with Gasteiger partial charge in [0.2, 0.25) is 0 Å². The number of halogens is 3. The zero-order chi connectivity index (χ0) is 17.7. The Labute approximate surface area is 155 Å². The van der Waals surface area contributed by atoms with E-state index in [0.29, 0.717) is 16.3 Å². The summed E-state index contributed by atoms with van der Waals surface area (Å²) in [5.74, 6) is -0.653. The molecule has 0 aromatic heterocycles. The van der Waals surface area contributed by atoms with E-state index in [0.717, 1.165) is 17.8 Å². The van der Waals surface area contributed by atoms with Crippen molar-refractivity contribution in [2.45, 2.75) is 20.0 Å². The summed E-state index contributed by atoms with van der Waals surface area (Å²) < 4.78 is 5.70. The average molecular weight is 389 g/mol. The Bertz CT molecular complexity index is 727. The first kappa shape index (κ1) is 18.7. The van der Waals surface area contributed by atoms with E-state index >= 15 is 0 Å². The Balaban J connectivity index is 2.18. The molecule has 0 aliphatic carbocycles. The van der Waals surface area contributed by atoms with E-state index in [4.69, 9.17) is 44.6 Å². The zero-order valence-electron chi connectivity index (χ0n) is 12.9. The van der Waals surface area contributed by atoms with Gasteiger partial charge in [0.05, 0.1) is 27.2 Å². The minimum Gasteiger partial charge on any atom is -0.486 e. The fraction of sp³-hybridized carbons (Fsp3) is 0.235. The van der Waals surface area contributed by atoms with Gasteiger partial charge >= 0.3 is 5.97 Å². The third-order valence-electron chi connectivity index (χ3n) is 3.23. The Kier molecular flexibility index (Phi) is 6.60. The molecule has 2 aromatic carbocycles. The number of rotatable bonds is 7. The molecule has 7 heteroatoms. The number of carboxylic acid groups (broad SMARTS) is 1. The molecular weight excluding hydrogens is 373 g/mol. The molecule has 2 aromatic rings. The molecule has 0 unspecified atom stereocenters. The van der Waals surface area contributed by atoms with Gasteiger partial charge in [-0.2, -0.15) is 0 Å². The van der Waals surface area contributed by atoms with Gasteiger partial charge in [-0.1, -0.05) is 46.9 Å². The standard InChI is InChI=1S/C17H16Cl3NO3/c1-2-21-14-5-3-4-11(16(14)20)9-24-17-12(18)6-10(7-13(17)19)8-15(22)23/h3-7,21H,2,8-9H2,1H3,(H,22,23). The van der Waals surface area contributed by atoms with Crippen LogP contribution < -0.4 is 10.1 Å². The number of aliphatic carboxylic acids is 1. The number of anilines is 1. The molecule has 0 spiro atoms. The molecule has 24 heavy (non-hydrogen) atoms. The van der Waals surface area contributed by atoms with E-state index in [1.54, 1.807) is 0 Å². The van der Waals surface area contributed by atoms with Crippen molar-refractivity contribution < 1.29 is 14.6 Å². The summed E-state index contributed by atoms with van der Waals surface area (Å²) in [5, 5.41) is 13.1. The maximum absolute atomic E-state index is 10.8. The van der Waals surface area contributed by atoms with Crippen molar-refractivity contribution in [1.29, 1.82) is 0 Å². The first-order valence-electron chi connectivity index (χ1n) is 7.26. The SMILES string of the molecule is CCNc1cccc(COc2c(Cl)cc(CC(=O)O)cc2Cl)c1Cl. The molecule has 2 rings (SSSR count). The van der Waals surface area contributed by atoms with Gasteiger partial charge in [-0.25, -0.2) is 0 Å². The lowest BCUT2D eigenvalue weighted by atomic mass is 10.1. The van der Waals surface area contributed by atoms with Crippen LogP contribution in [0.15, 0.2) is 30.3 Å². The van der Waals surface area contributed by atoms with Gasteiger partial charge in [0, 0.05) is 12.1 Å². The van der Waals surface area contributed by atoms with E-state index in [1.165, 1.54) is 12.1 Å². The largest absolute Gasteiger partial charge is 0.486 e. The van der Waals surface area contributed by atoms with Crippen LogP contribution in [0.4, 0.5) is 5.69 Å². The van der Waals surface area contributed by atoms with Gasteiger partial charge in [-0.05, 0) is 30.7 Å². The first-order chi connectivity index (χ1) is 11.4. The van der Waals surface area contributed by atoms with E-state index in [2.05, 4.69) is 5.32 Å². The summed E-state index contributed by atoms with van der Waals surface area (Å²) in [5.41, 5.74) is 2.13. The molecule has 2 N–H and O–H groups in total. The van der Waals surface area contributed by atoms with E-state index < -0.39 is 5.97 Å². The number of ether oxygens (including phenoxy) is 1. The fourth-order valence-electron chi connectivity index (χ4n) is 2.20. The highest BCUT2D eigenvalue weighted by atomic mass is 35.5. The molecule has 0 atom stereocenters. The van der Waals surface area contributed by atoms with Crippen molar-refractivity contribution in [1.82, 2.24) is 0 Å². The molecular formula is C17H16Cl3NO3. The van der Waals surface area contributed by atoms with Crippen molar-refractivity contribution in [3.63, 3.8) is 0 Å². The van der Waals surface area contributed by atoms with Crippen LogP contribution in [0.2, 0.25) is 15.1 Å². The number of hydrogen-bond donors (Lipinski definition) is 2. The van der Waals surface area contributed by atoms with Gasteiger partial charge in [0.25, 0.3) is 0 Å². The summed E-state index contributed by atoms with van der Waals surface area (Å²) in [7, 11) is 0. The van der Waals surface area contributed by atoms with Crippen LogP contribution in [-0.2, 0) is 17.8 Å². The number of carboxylic acids is 1. The number of nitrogens with one attached hydrogen (secondary N) is 1. The second-order valence-electron chi connectivity index (χ2n) is 5.06. The Hall–Kier alpha value is -1.62. The zero-order valence-corrected chi connectivity index (χ0v) is 15.2. The predicted octanol–water partition coefficient (Wildman–Crippen LogP) is 5.28. The molecule has 0 saturated heterocycles. The molecule has 0 aliphatic rings. The van der Waals surface area contributed by atoms with Crippen LogP contribution in [0.3, 0.4) is 0 Å². The minimum absolute atomic E-state index is 0.156. The number of benzene rings is 2. The highest BCUT2D eigenvalue weighted by Gasteiger charge is 2.13. The van der Waals surface area contributed by atoms with Crippen LogP contribution in [0, 0.1) is 0 Å². The molecule has 0 radical (unpaired) electrons. The third kappa shape index (κ3) is 4.69. The van der Waals surface area contributed by atoms with Crippen molar-refractivity contribution in [3.8, 4) is 5.75 Å². The summed E-state index contributed by atoms with van der Waals surface area (Å²) in [6.07, 6.45) is -0.156. The monoisotopic (exact) mass is 387 g/mol. The van der Waals surface area contributed by atoms with Gasteiger partial charge in [0.15, 0.2) is 5.75 Å². The molecule has 0 heterocycles. The molecule has 0 amide bonds. The normalized spacial score (nSPS) is 10.5. The van der Waals surface area contributed by atoms with E-state index in [9.17, 15) is 4.79 Å². The molecule has 0 saturated carbocycles. The second-order valence-corrected chi connectivity index (χ2v) is 6.25. The highest BCUT2D eigenvalue weighted by Crippen LogP contribution is 2.36. The maximum atomic E-state index is 10.8. The fourth-order valence-corrected chi connectivity index (χ4v) is 3.08. The lowest BCUT2D eigenvalue weighted by Gasteiger charge is -2.14. The van der Waals surface area contributed by atoms with E-state index in [-0.39, 0.29) is 23.1 Å². The Morgan fingerprint density at radius 3 is 2.46 bits per heavy atom. The Morgan fingerprint density at radius 1 is 1.21 bits per heavy atom. The van der Waals surface area contributed by atoms with Crippen molar-refractivity contribution in [3.05, 3.63) is 56.5 Å². The smallest absolute Gasteiger partial charge is 0.307 e. The van der Waals surface area contributed by atoms with Gasteiger partial charge in [-0.3, -0.25) is 4.79 Å². The van der Waals surface area contributed by atoms with Gasteiger partial charge in [0.1, 0.15) is 6.61 Å². The first-order valence-corrected chi connectivity index (χ1v) is 8.39. The van der Waals surface area contributed by atoms with Crippen molar-refractivity contribution in [2.24, 2.45) is 0 Å². The topological polar surface area (TPSA) is 58.6 Å². The minimum atomic E-state index is -0.956. The maximum Gasteiger partial charge on any atom is 0.307 e.